The zero-order valence-corrected chi connectivity index (χ0v) is 14.3. The molecule has 1 aliphatic heterocycles. The van der Waals surface area contributed by atoms with Crippen LogP contribution in [0.4, 0.5) is 0 Å². The topological polar surface area (TPSA) is 156 Å². The maximum atomic E-state index is 10.8. The number of methoxy groups -OCH3 is 1. The van der Waals surface area contributed by atoms with Crippen molar-refractivity contribution in [2.45, 2.75) is 30.8 Å². The fraction of sp³-hybridized carbons (Fsp3) is 0.438. The molecule has 1 fully saturated rings. The van der Waals surface area contributed by atoms with Gasteiger partial charge in [-0.1, -0.05) is 5.21 Å². The minimum Gasteiger partial charge on any atom is -0.493 e. The number of aliphatic hydroxyl groups excluding tert-OH is 3. The molecule has 27 heavy (non-hydrogen) atoms. The van der Waals surface area contributed by atoms with E-state index < -0.39 is 30.8 Å². The van der Waals surface area contributed by atoms with Crippen LogP contribution in [0.3, 0.4) is 0 Å². The lowest BCUT2D eigenvalue weighted by Gasteiger charge is -2.41. The van der Waals surface area contributed by atoms with Crippen molar-refractivity contribution in [3.63, 3.8) is 0 Å². The van der Waals surface area contributed by atoms with Gasteiger partial charge in [0.2, 0.25) is 0 Å². The molecular formula is C16H19N3O8. The highest BCUT2D eigenvalue weighted by atomic mass is 16.7. The van der Waals surface area contributed by atoms with E-state index in [1.807, 2.05) is 0 Å². The molecular weight excluding hydrogens is 362 g/mol. The van der Waals surface area contributed by atoms with Gasteiger partial charge in [-0.2, -0.15) is 4.68 Å². The second-order valence-corrected chi connectivity index (χ2v) is 5.93. The summed E-state index contributed by atoms with van der Waals surface area (Å²) in [6.45, 7) is -0.573. The third kappa shape index (κ3) is 3.50. The molecule has 0 bridgehead atoms. The third-order valence-corrected chi connectivity index (χ3v) is 4.19. The number of aromatic nitrogens is 3. The number of nitrogens with zero attached hydrogens (tertiary/aromatic N) is 3. The van der Waals surface area contributed by atoms with Crippen molar-refractivity contribution >= 4 is 6.29 Å². The summed E-state index contributed by atoms with van der Waals surface area (Å²) in [5.41, 5.74) is 0.619. The van der Waals surface area contributed by atoms with Gasteiger partial charge in [0.15, 0.2) is 17.6 Å². The Kier molecular flexibility index (Phi) is 5.39. The van der Waals surface area contributed by atoms with Crippen LogP contribution in [0, 0.1) is 0 Å². The molecule has 11 nitrogen and oxygen atoms in total. The van der Waals surface area contributed by atoms with E-state index in [0.717, 1.165) is 4.68 Å². The number of carbonyl (C=O) groups is 1. The zero-order chi connectivity index (χ0) is 19.6. The van der Waals surface area contributed by atoms with E-state index in [2.05, 4.69) is 10.3 Å². The molecule has 146 valence electrons. The van der Waals surface area contributed by atoms with Crippen LogP contribution >= 0.6 is 0 Å². The van der Waals surface area contributed by atoms with Gasteiger partial charge in [-0.05, 0) is 18.2 Å². The summed E-state index contributed by atoms with van der Waals surface area (Å²) in [6.07, 6.45) is -2.93. The van der Waals surface area contributed by atoms with E-state index in [1.165, 1.54) is 25.4 Å². The number of hydrogen-bond donors (Lipinski definition) is 4. The van der Waals surface area contributed by atoms with Gasteiger partial charge in [-0.25, -0.2) is 0 Å². The molecule has 11 heteroatoms. The molecule has 0 saturated carbocycles. The van der Waals surface area contributed by atoms with Gasteiger partial charge in [0, 0.05) is 5.56 Å². The minimum absolute atomic E-state index is 0.152. The lowest BCUT2D eigenvalue weighted by molar-refractivity contribution is -0.372. The molecule has 0 aliphatic carbocycles. The number of hydrogen-bond acceptors (Lipinski definition) is 10. The summed E-state index contributed by atoms with van der Waals surface area (Å²) in [5.74, 6) is -1.78. The van der Waals surface area contributed by atoms with Gasteiger partial charge < -0.3 is 34.6 Å². The second kappa shape index (κ2) is 7.58. The highest BCUT2D eigenvalue weighted by molar-refractivity contribution is 5.76. The van der Waals surface area contributed by atoms with Crippen LogP contribution in [0.2, 0.25) is 0 Å². The Morgan fingerprint density at radius 2 is 2.15 bits per heavy atom. The quantitative estimate of drug-likeness (QED) is 0.429. The van der Waals surface area contributed by atoms with Crippen molar-refractivity contribution in [1.29, 1.82) is 0 Å². The first kappa shape index (κ1) is 19.2. The number of rotatable bonds is 6. The summed E-state index contributed by atoms with van der Waals surface area (Å²) in [5, 5.41) is 47.5. The first-order valence-electron chi connectivity index (χ1n) is 7.97. The fourth-order valence-corrected chi connectivity index (χ4v) is 2.66. The van der Waals surface area contributed by atoms with Crippen molar-refractivity contribution in [1.82, 2.24) is 15.0 Å². The van der Waals surface area contributed by atoms with Gasteiger partial charge in [0.05, 0.1) is 19.9 Å². The molecule has 3 rings (SSSR count). The predicted octanol–water partition coefficient (Wildman–Crippen LogP) is -1.61. The summed E-state index contributed by atoms with van der Waals surface area (Å²) >= 11 is 0. The SMILES string of the molecule is COc1cc(C=O)ccc1OCc1cnnn1[C@@]1(O)OC[C@@H](O)[C@H](O)[C@H]1O. The monoisotopic (exact) mass is 381 g/mol. The molecule has 0 spiro atoms. The molecule has 1 saturated heterocycles. The Morgan fingerprint density at radius 1 is 1.37 bits per heavy atom. The number of ether oxygens (including phenoxy) is 3. The molecule has 1 aromatic heterocycles. The largest absolute Gasteiger partial charge is 0.493 e. The molecule has 1 aliphatic rings. The van der Waals surface area contributed by atoms with Gasteiger partial charge >= 0.3 is 0 Å². The molecule has 4 atom stereocenters. The smallest absolute Gasteiger partial charge is 0.300 e. The standard InChI is InChI=1S/C16H19N3O8/c1-25-13-4-9(6-20)2-3-12(13)26-7-10-5-17-18-19(10)16(24)15(23)14(22)11(21)8-27-16/h2-6,11,14-15,21-24H,7-8H2,1H3/t11-,14+,15-,16+/m1/s1. The second-order valence-electron chi connectivity index (χ2n) is 5.93. The van der Waals surface area contributed by atoms with E-state index >= 15 is 0 Å². The third-order valence-electron chi connectivity index (χ3n) is 4.19. The highest BCUT2D eigenvalue weighted by Crippen LogP contribution is 2.31. The molecule has 0 unspecified atom stereocenters. The Morgan fingerprint density at radius 3 is 2.85 bits per heavy atom. The van der Waals surface area contributed by atoms with Crippen molar-refractivity contribution in [2.24, 2.45) is 0 Å². The Labute approximate surface area is 153 Å². The number of aldehydes is 1. The van der Waals surface area contributed by atoms with E-state index in [4.69, 9.17) is 14.2 Å². The van der Waals surface area contributed by atoms with Crippen LogP contribution in [-0.2, 0) is 17.3 Å². The average molecular weight is 381 g/mol. The van der Waals surface area contributed by atoms with Crippen LogP contribution in [-0.4, -0.2) is 73.7 Å². The Balaban J connectivity index is 1.81. The number of carbonyl (C=O) groups excluding carboxylic acids is 1. The average Bonchev–Trinajstić information content (AvgIpc) is 3.17. The van der Waals surface area contributed by atoms with E-state index in [9.17, 15) is 25.2 Å². The molecule has 1 aromatic carbocycles. The van der Waals surface area contributed by atoms with Gasteiger partial charge in [0.1, 0.15) is 30.8 Å². The lowest BCUT2D eigenvalue weighted by Crippen LogP contribution is -2.62. The van der Waals surface area contributed by atoms with Crippen molar-refractivity contribution < 1.29 is 39.4 Å². The van der Waals surface area contributed by atoms with Crippen LogP contribution in [0.15, 0.2) is 24.4 Å². The van der Waals surface area contributed by atoms with Crippen molar-refractivity contribution in [2.75, 3.05) is 13.7 Å². The van der Waals surface area contributed by atoms with Crippen molar-refractivity contribution in [3.05, 3.63) is 35.7 Å². The molecule has 2 aromatic rings. The first-order chi connectivity index (χ1) is 12.9. The molecule has 2 heterocycles. The maximum Gasteiger partial charge on any atom is 0.300 e. The zero-order valence-electron chi connectivity index (χ0n) is 14.3. The van der Waals surface area contributed by atoms with Gasteiger partial charge in [-0.3, -0.25) is 4.79 Å². The van der Waals surface area contributed by atoms with E-state index in [0.29, 0.717) is 23.3 Å². The first-order valence-corrected chi connectivity index (χ1v) is 7.97. The summed E-state index contributed by atoms with van der Waals surface area (Å²) < 4.78 is 16.8. The normalized spacial score (nSPS) is 28.0. The molecule has 4 N–H and O–H groups in total. The van der Waals surface area contributed by atoms with Crippen LogP contribution in [0.5, 0.6) is 11.5 Å². The van der Waals surface area contributed by atoms with Crippen molar-refractivity contribution in [3.8, 4) is 11.5 Å². The van der Waals surface area contributed by atoms with Gasteiger partial charge in [-0.15, -0.1) is 5.10 Å². The Bertz CT molecular complexity index is 813. The minimum atomic E-state index is -2.43. The molecule has 0 radical (unpaired) electrons. The predicted molar refractivity (Wildman–Crippen MR) is 86.9 cm³/mol. The summed E-state index contributed by atoms with van der Waals surface area (Å²) in [7, 11) is 1.42. The lowest BCUT2D eigenvalue weighted by atomic mass is 10.0. The van der Waals surface area contributed by atoms with E-state index in [1.54, 1.807) is 6.07 Å². The van der Waals surface area contributed by atoms with E-state index in [-0.39, 0.29) is 12.3 Å². The summed E-state index contributed by atoms with van der Waals surface area (Å²) in [6, 6.07) is 4.58. The fourth-order valence-electron chi connectivity index (χ4n) is 2.66. The number of benzene rings is 1. The maximum absolute atomic E-state index is 10.8. The van der Waals surface area contributed by atoms with Crippen LogP contribution < -0.4 is 9.47 Å². The van der Waals surface area contributed by atoms with Crippen LogP contribution in [0.25, 0.3) is 0 Å². The van der Waals surface area contributed by atoms with Crippen LogP contribution in [0.1, 0.15) is 16.1 Å². The molecule has 0 amide bonds. The Hall–Kier alpha value is -2.57. The number of aliphatic hydroxyl groups is 4. The highest BCUT2D eigenvalue weighted by Gasteiger charge is 2.51. The summed E-state index contributed by atoms with van der Waals surface area (Å²) in [4.78, 5) is 10.8. The van der Waals surface area contributed by atoms with Gasteiger partial charge in [0.25, 0.3) is 5.91 Å².